The van der Waals surface area contributed by atoms with Crippen molar-refractivity contribution in [1.29, 1.82) is 0 Å². The Morgan fingerprint density at radius 1 is 1.26 bits per heavy atom. The van der Waals surface area contributed by atoms with Gasteiger partial charge in [0.15, 0.2) is 0 Å². The molecule has 2 fully saturated rings. The zero-order valence-electron chi connectivity index (χ0n) is 11.7. The fraction of sp³-hybridized carbons (Fsp3) is 0.667. The molecule has 0 radical (unpaired) electrons. The van der Waals surface area contributed by atoms with E-state index >= 15 is 0 Å². The second-order valence-electron chi connectivity index (χ2n) is 6.62. The highest BCUT2D eigenvalue weighted by Gasteiger charge is 2.49. The molecule has 0 aliphatic heterocycles. The van der Waals surface area contributed by atoms with Crippen LogP contribution in [0.3, 0.4) is 0 Å². The van der Waals surface area contributed by atoms with Crippen molar-refractivity contribution in [3.05, 3.63) is 23.8 Å². The smallest absolute Gasteiger partial charge is 0.271 e. The van der Waals surface area contributed by atoms with Gasteiger partial charge in [0.2, 0.25) is 0 Å². The highest BCUT2D eigenvalue weighted by atomic mass is 16.2. The van der Waals surface area contributed by atoms with Crippen molar-refractivity contribution in [2.75, 3.05) is 0 Å². The molecule has 1 aromatic heterocycles. The molecule has 2 aliphatic carbocycles. The van der Waals surface area contributed by atoms with Crippen LogP contribution in [-0.2, 0) is 0 Å². The minimum Gasteiger partial charge on any atom is -0.345 e. The Hall–Kier alpha value is -1.45. The zero-order chi connectivity index (χ0) is 13.5. The predicted molar refractivity (Wildman–Crippen MR) is 72.8 cm³/mol. The largest absolute Gasteiger partial charge is 0.345 e. The number of carbonyl (C=O) groups is 1. The van der Waals surface area contributed by atoms with Crippen LogP contribution in [0.5, 0.6) is 0 Å². The normalized spacial score (nSPS) is 33.2. The molecule has 4 nitrogen and oxygen atoms in total. The molecule has 2 bridgehead atoms. The summed E-state index contributed by atoms with van der Waals surface area (Å²) in [5.74, 6) is -0.0673. The molecule has 102 valence electrons. The maximum atomic E-state index is 12.3. The van der Waals surface area contributed by atoms with E-state index in [0.29, 0.717) is 11.1 Å². The Bertz CT molecular complexity index is 516. The third-order valence-corrected chi connectivity index (χ3v) is 4.77. The number of rotatable bonds is 2. The number of hydrogen-bond acceptors (Lipinski definition) is 3. The van der Waals surface area contributed by atoms with Gasteiger partial charge in [-0.25, -0.2) is 4.98 Å². The number of hydrogen-bond donors (Lipinski definition) is 1. The lowest BCUT2D eigenvalue weighted by Crippen LogP contribution is -2.49. The third-order valence-electron chi connectivity index (χ3n) is 4.77. The van der Waals surface area contributed by atoms with Crippen LogP contribution in [0.4, 0.5) is 0 Å². The van der Waals surface area contributed by atoms with Crippen LogP contribution in [-0.4, -0.2) is 21.4 Å². The summed E-state index contributed by atoms with van der Waals surface area (Å²) in [5.41, 5.74) is 1.66. The van der Waals surface area contributed by atoms with Gasteiger partial charge in [0, 0.05) is 11.7 Å². The SMILES string of the molecule is Cc1cncc(C(=O)N[C@@]23CCC[C@@](C)(CC2)C3)n1. The molecule has 1 amide bonds. The van der Waals surface area contributed by atoms with Gasteiger partial charge in [-0.1, -0.05) is 13.3 Å². The van der Waals surface area contributed by atoms with Gasteiger partial charge >= 0.3 is 0 Å². The molecule has 0 aromatic carbocycles. The van der Waals surface area contributed by atoms with Crippen LogP contribution in [0.2, 0.25) is 0 Å². The van der Waals surface area contributed by atoms with Gasteiger partial charge < -0.3 is 5.32 Å². The van der Waals surface area contributed by atoms with Crippen molar-refractivity contribution in [1.82, 2.24) is 15.3 Å². The van der Waals surface area contributed by atoms with E-state index in [1.54, 1.807) is 12.4 Å². The van der Waals surface area contributed by atoms with Crippen LogP contribution in [0.15, 0.2) is 12.4 Å². The average Bonchev–Trinajstić information content (AvgIpc) is 2.59. The lowest BCUT2D eigenvalue weighted by atomic mass is 9.74. The van der Waals surface area contributed by atoms with E-state index in [1.807, 2.05) is 6.92 Å². The molecule has 19 heavy (non-hydrogen) atoms. The summed E-state index contributed by atoms with van der Waals surface area (Å²) in [6.07, 6.45) is 10.3. The minimum absolute atomic E-state index is 0.00943. The number of carbonyl (C=O) groups excluding carboxylic acids is 1. The van der Waals surface area contributed by atoms with Crippen LogP contribution in [0.1, 0.15) is 61.6 Å². The monoisotopic (exact) mass is 259 g/mol. The molecule has 2 aliphatic rings. The van der Waals surface area contributed by atoms with Gasteiger partial charge in [-0.05, 0) is 44.4 Å². The Morgan fingerprint density at radius 3 is 2.89 bits per heavy atom. The van der Waals surface area contributed by atoms with Crippen molar-refractivity contribution in [3.8, 4) is 0 Å². The maximum Gasteiger partial charge on any atom is 0.271 e. The third kappa shape index (κ3) is 2.36. The Kier molecular flexibility index (Phi) is 2.84. The first-order chi connectivity index (χ1) is 9.00. The lowest BCUT2D eigenvalue weighted by Gasteiger charge is -2.38. The van der Waals surface area contributed by atoms with E-state index in [1.165, 1.54) is 19.3 Å². The summed E-state index contributed by atoms with van der Waals surface area (Å²) in [5, 5.41) is 3.25. The lowest BCUT2D eigenvalue weighted by molar-refractivity contribution is 0.0856. The molecule has 3 rings (SSSR count). The van der Waals surface area contributed by atoms with Crippen LogP contribution in [0.25, 0.3) is 0 Å². The molecule has 4 heteroatoms. The van der Waals surface area contributed by atoms with E-state index < -0.39 is 0 Å². The summed E-state index contributed by atoms with van der Waals surface area (Å²) in [6.45, 7) is 4.21. The molecule has 0 saturated heterocycles. The van der Waals surface area contributed by atoms with E-state index in [4.69, 9.17) is 0 Å². The van der Waals surface area contributed by atoms with Gasteiger partial charge in [-0.3, -0.25) is 9.78 Å². The molecular weight excluding hydrogens is 238 g/mol. The maximum absolute atomic E-state index is 12.3. The van der Waals surface area contributed by atoms with Crippen molar-refractivity contribution in [2.45, 2.75) is 57.9 Å². The van der Waals surface area contributed by atoms with Crippen molar-refractivity contribution >= 4 is 5.91 Å². The Balaban J connectivity index is 1.77. The van der Waals surface area contributed by atoms with Crippen LogP contribution < -0.4 is 5.32 Å². The fourth-order valence-corrected chi connectivity index (χ4v) is 3.86. The molecular formula is C15H21N3O. The number of aromatic nitrogens is 2. The second-order valence-corrected chi connectivity index (χ2v) is 6.62. The van der Waals surface area contributed by atoms with Crippen LogP contribution in [0, 0.1) is 12.3 Å². The highest BCUT2D eigenvalue weighted by Crippen LogP contribution is 2.53. The van der Waals surface area contributed by atoms with Gasteiger partial charge in [0.05, 0.1) is 11.9 Å². The highest BCUT2D eigenvalue weighted by molar-refractivity contribution is 5.92. The number of nitrogens with one attached hydrogen (secondary N) is 1. The number of fused-ring (bicyclic) bond motifs is 2. The van der Waals surface area contributed by atoms with E-state index in [0.717, 1.165) is 25.0 Å². The summed E-state index contributed by atoms with van der Waals surface area (Å²) in [6, 6.07) is 0. The van der Waals surface area contributed by atoms with Crippen molar-refractivity contribution < 1.29 is 4.79 Å². The molecule has 2 saturated carbocycles. The first kappa shape index (κ1) is 12.6. The Morgan fingerprint density at radius 2 is 2.11 bits per heavy atom. The molecule has 1 heterocycles. The minimum atomic E-state index is -0.0673. The van der Waals surface area contributed by atoms with Gasteiger partial charge in [-0.2, -0.15) is 0 Å². The predicted octanol–water partition coefficient (Wildman–Crippen LogP) is 2.63. The summed E-state index contributed by atoms with van der Waals surface area (Å²) in [7, 11) is 0. The topological polar surface area (TPSA) is 54.9 Å². The number of amides is 1. The first-order valence-electron chi connectivity index (χ1n) is 7.12. The molecule has 0 spiro atoms. The summed E-state index contributed by atoms with van der Waals surface area (Å²) < 4.78 is 0. The van der Waals surface area contributed by atoms with Gasteiger partial charge in [-0.15, -0.1) is 0 Å². The molecule has 1 aromatic rings. The summed E-state index contributed by atoms with van der Waals surface area (Å²) >= 11 is 0. The van der Waals surface area contributed by atoms with Gasteiger partial charge in [0.25, 0.3) is 5.91 Å². The van der Waals surface area contributed by atoms with E-state index in [-0.39, 0.29) is 11.4 Å². The van der Waals surface area contributed by atoms with Crippen LogP contribution >= 0.6 is 0 Å². The van der Waals surface area contributed by atoms with Crippen molar-refractivity contribution in [2.24, 2.45) is 5.41 Å². The number of nitrogens with zero attached hydrogens (tertiary/aromatic N) is 2. The fourth-order valence-electron chi connectivity index (χ4n) is 3.86. The molecule has 1 N–H and O–H groups in total. The molecule has 2 atom stereocenters. The van der Waals surface area contributed by atoms with Gasteiger partial charge in [0.1, 0.15) is 5.69 Å². The van der Waals surface area contributed by atoms with E-state index in [9.17, 15) is 4.79 Å². The second kappa shape index (κ2) is 4.29. The number of aryl methyl sites for hydroxylation is 1. The average molecular weight is 259 g/mol. The standard InChI is InChI=1S/C15H21N3O/c1-11-8-16-9-12(17-11)13(19)18-15-5-3-4-14(2,10-15)6-7-15/h8-9H,3-7,10H2,1-2H3,(H,18,19)/t14-,15-/m0/s1. The quantitative estimate of drug-likeness (QED) is 0.888. The zero-order valence-corrected chi connectivity index (χ0v) is 11.7. The summed E-state index contributed by atoms with van der Waals surface area (Å²) in [4.78, 5) is 20.6. The first-order valence-corrected chi connectivity index (χ1v) is 7.12. The Labute approximate surface area is 114 Å². The molecule has 0 unspecified atom stereocenters. The van der Waals surface area contributed by atoms with Crippen molar-refractivity contribution in [3.63, 3.8) is 0 Å². The van der Waals surface area contributed by atoms with E-state index in [2.05, 4.69) is 22.2 Å².